The largest absolute Gasteiger partial charge is 0.484 e. The number of rotatable bonds is 6. The molecule has 0 aliphatic carbocycles. The smallest absolute Gasteiger partial charge is 0.276 e. The molecule has 27 heavy (non-hydrogen) atoms. The first kappa shape index (κ1) is 18.5. The molecule has 2 N–H and O–H groups in total. The topological polar surface area (TPSA) is 93.2 Å². The van der Waals surface area contributed by atoms with Crippen LogP contribution in [0, 0.1) is 6.92 Å². The van der Waals surface area contributed by atoms with Crippen LogP contribution < -0.4 is 15.6 Å². The Hall–Kier alpha value is -3.26. The lowest BCUT2D eigenvalue weighted by atomic mass is 10.2. The fraction of sp³-hybridized carbons (Fsp3) is 0.158. The van der Waals surface area contributed by atoms with Crippen molar-refractivity contribution in [2.24, 2.45) is 0 Å². The number of aryl methyl sites for hydroxylation is 1. The van der Waals surface area contributed by atoms with Crippen LogP contribution in [0.4, 0.5) is 0 Å². The second-order valence-electron chi connectivity index (χ2n) is 5.76. The molecule has 0 saturated carbocycles. The van der Waals surface area contributed by atoms with Gasteiger partial charge in [-0.25, -0.2) is 4.98 Å². The monoisotopic (exact) mass is 382 g/mol. The number of hydrogen-bond donors (Lipinski definition) is 2. The summed E-state index contributed by atoms with van der Waals surface area (Å²) in [6.45, 7) is 1.78. The van der Waals surface area contributed by atoms with E-state index in [0.29, 0.717) is 11.4 Å². The number of ether oxygens (including phenoxy) is 1. The van der Waals surface area contributed by atoms with Gasteiger partial charge >= 0.3 is 0 Å². The number of pyridine rings is 1. The fourth-order valence-corrected chi connectivity index (χ4v) is 2.99. The van der Waals surface area contributed by atoms with Gasteiger partial charge in [0.1, 0.15) is 10.8 Å². The van der Waals surface area contributed by atoms with E-state index in [0.717, 1.165) is 16.1 Å². The molecular formula is C19H18N4O3S. The molecular weight excluding hydrogens is 364 g/mol. The first-order valence-electron chi connectivity index (χ1n) is 8.22. The predicted molar refractivity (Wildman–Crippen MR) is 102 cm³/mol. The highest BCUT2D eigenvalue weighted by Gasteiger charge is 2.10. The molecule has 0 fully saturated rings. The van der Waals surface area contributed by atoms with Gasteiger partial charge in [0.05, 0.1) is 12.1 Å². The molecule has 0 aliphatic rings. The summed E-state index contributed by atoms with van der Waals surface area (Å²) in [6.07, 6.45) is 3.48. The number of aromatic nitrogens is 2. The zero-order valence-corrected chi connectivity index (χ0v) is 15.5. The SMILES string of the molecule is Cc1ccc(OCC(=O)NNC(=O)Cc2csc(-c3cccnc3)n2)cc1. The van der Waals surface area contributed by atoms with Gasteiger partial charge in [-0.2, -0.15) is 0 Å². The third kappa shape index (κ3) is 5.61. The third-order valence-corrected chi connectivity index (χ3v) is 4.47. The van der Waals surface area contributed by atoms with Gasteiger partial charge in [-0.05, 0) is 31.2 Å². The minimum atomic E-state index is -0.446. The molecule has 1 aromatic carbocycles. The van der Waals surface area contributed by atoms with Crippen molar-refractivity contribution in [2.75, 3.05) is 6.61 Å². The van der Waals surface area contributed by atoms with Crippen LogP contribution in [-0.2, 0) is 16.0 Å². The average Bonchev–Trinajstić information content (AvgIpc) is 3.15. The van der Waals surface area contributed by atoms with Gasteiger partial charge in [-0.1, -0.05) is 17.7 Å². The normalized spacial score (nSPS) is 10.3. The highest BCUT2D eigenvalue weighted by molar-refractivity contribution is 7.13. The van der Waals surface area contributed by atoms with Crippen LogP contribution in [0.25, 0.3) is 10.6 Å². The summed E-state index contributed by atoms with van der Waals surface area (Å²) in [7, 11) is 0. The summed E-state index contributed by atoms with van der Waals surface area (Å²) in [5, 5.41) is 2.60. The van der Waals surface area contributed by atoms with Crippen LogP contribution in [0.5, 0.6) is 5.75 Å². The van der Waals surface area contributed by atoms with Crippen molar-refractivity contribution in [1.29, 1.82) is 0 Å². The van der Waals surface area contributed by atoms with Crippen LogP contribution in [0.15, 0.2) is 54.2 Å². The molecule has 0 radical (unpaired) electrons. The van der Waals surface area contributed by atoms with Gasteiger partial charge in [-0.3, -0.25) is 25.4 Å². The van der Waals surface area contributed by atoms with E-state index in [1.807, 2.05) is 36.6 Å². The van der Waals surface area contributed by atoms with Crippen molar-refractivity contribution < 1.29 is 14.3 Å². The standard InChI is InChI=1S/C19H18N4O3S/c1-13-4-6-16(7-5-13)26-11-18(25)23-22-17(24)9-15-12-27-19(21-15)14-3-2-8-20-10-14/h2-8,10,12H,9,11H2,1H3,(H,22,24)(H,23,25). The maximum Gasteiger partial charge on any atom is 0.276 e. The highest BCUT2D eigenvalue weighted by Crippen LogP contribution is 2.22. The number of benzene rings is 1. The zero-order chi connectivity index (χ0) is 19.1. The summed E-state index contributed by atoms with van der Waals surface area (Å²) < 4.78 is 5.35. The van der Waals surface area contributed by atoms with Gasteiger partial charge in [0.25, 0.3) is 5.91 Å². The average molecular weight is 382 g/mol. The Kier molecular flexibility index (Phi) is 6.11. The van der Waals surface area contributed by atoms with E-state index < -0.39 is 5.91 Å². The molecule has 2 amide bonds. The first-order chi connectivity index (χ1) is 13.1. The minimum absolute atomic E-state index is 0.0653. The maximum atomic E-state index is 12.0. The number of thiazole rings is 1. The molecule has 7 nitrogen and oxygen atoms in total. The summed E-state index contributed by atoms with van der Waals surface area (Å²) in [5.74, 6) is -0.215. The number of nitrogens with zero attached hydrogens (tertiary/aromatic N) is 2. The van der Waals surface area contributed by atoms with Crippen molar-refractivity contribution in [2.45, 2.75) is 13.3 Å². The van der Waals surface area contributed by atoms with Crippen LogP contribution >= 0.6 is 11.3 Å². The summed E-state index contributed by atoms with van der Waals surface area (Å²) >= 11 is 1.44. The Balaban J connectivity index is 1.42. The maximum absolute atomic E-state index is 12.0. The van der Waals surface area contributed by atoms with Gasteiger partial charge in [0.2, 0.25) is 5.91 Å². The molecule has 0 aliphatic heterocycles. The number of hydrogen-bond acceptors (Lipinski definition) is 6. The molecule has 3 rings (SSSR count). The number of carbonyl (C=O) groups is 2. The first-order valence-corrected chi connectivity index (χ1v) is 9.10. The lowest BCUT2D eigenvalue weighted by Gasteiger charge is -2.08. The third-order valence-electron chi connectivity index (χ3n) is 3.53. The highest BCUT2D eigenvalue weighted by atomic mass is 32.1. The van der Waals surface area contributed by atoms with Crippen LogP contribution in [0.3, 0.4) is 0 Å². The Morgan fingerprint density at radius 2 is 1.89 bits per heavy atom. The Labute approximate surface area is 160 Å². The molecule has 3 aromatic rings. The molecule has 2 aromatic heterocycles. The predicted octanol–water partition coefficient (Wildman–Crippen LogP) is 2.28. The molecule has 138 valence electrons. The lowest BCUT2D eigenvalue weighted by Crippen LogP contribution is -2.44. The van der Waals surface area contributed by atoms with E-state index >= 15 is 0 Å². The number of carbonyl (C=O) groups excluding carboxylic acids is 2. The lowest BCUT2D eigenvalue weighted by molar-refractivity contribution is -0.129. The van der Waals surface area contributed by atoms with Crippen LogP contribution in [0.2, 0.25) is 0 Å². The number of amides is 2. The molecule has 0 spiro atoms. The Morgan fingerprint density at radius 1 is 1.11 bits per heavy atom. The zero-order valence-electron chi connectivity index (χ0n) is 14.6. The van der Waals surface area contributed by atoms with E-state index in [1.54, 1.807) is 24.5 Å². The number of hydrazine groups is 1. The van der Waals surface area contributed by atoms with E-state index in [9.17, 15) is 9.59 Å². The van der Waals surface area contributed by atoms with Crippen molar-refractivity contribution in [3.05, 3.63) is 65.4 Å². The van der Waals surface area contributed by atoms with Crippen LogP contribution in [-0.4, -0.2) is 28.4 Å². The van der Waals surface area contributed by atoms with Gasteiger partial charge in [-0.15, -0.1) is 11.3 Å². The summed E-state index contributed by atoms with van der Waals surface area (Å²) in [5.41, 5.74) is 7.31. The van der Waals surface area contributed by atoms with E-state index in [-0.39, 0.29) is 18.9 Å². The number of nitrogens with one attached hydrogen (secondary N) is 2. The summed E-state index contributed by atoms with van der Waals surface area (Å²) in [4.78, 5) is 32.2. The van der Waals surface area contributed by atoms with Crippen molar-refractivity contribution >= 4 is 23.2 Å². The molecule has 0 saturated heterocycles. The van der Waals surface area contributed by atoms with Crippen molar-refractivity contribution in [3.8, 4) is 16.3 Å². The Morgan fingerprint density at radius 3 is 2.63 bits per heavy atom. The van der Waals surface area contributed by atoms with Gasteiger partial charge in [0, 0.05) is 23.3 Å². The molecule has 0 atom stereocenters. The van der Waals surface area contributed by atoms with Gasteiger partial charge < -0.3 is 4.74 Å². The fourth-order valence-electron chi connectivity index (χ4n) is 2.18. The van der Waals surface area contributed by atoms with Gasteiger partial charge in [0.15, 0.2) is 6.61 Å². The second kappa shape index (κ2) is 8.91. The molecule has 0 bridgehead atoms. The van der Waals surface area contributed by atoms with E-state index in [2.05, 4.69) is 20.8 Å². The summed E-state index contributed by atoms with van der Waals surface area (Å²) in [6, 6.07) is 11.1. The van der Waals surface area contributed by atoms with Crippen molar-refractivity contribution in [1.82, 2.24) is 20.8 Å². The van der Waals surface area contributed by atoms with Crippen LogP contribution in [0.1, 0.15) is 11.3 Å². The van der Waals surface area contributed by atoms with E-state index in [4.69, 9.17) is 4.74 Å². The molecule has 8 heteroatoms. The second-order valence-corrected chi connectivity index (χ2v) is 6.62. The Bertz CT molecular complexity index is 910. The van der Waals surface area contributed by atoms with Crippen molar-refractivity contribution in [3.63, 3.8) is 0 Å². The minimum Gasteiger partial charge on any atom is -0.484 e. The molecule has 0 unspecified atom stereocenters. The quantitative estimate of drug-likeness (QED) is 0.638. The van der Waals surface area contributed by atoms with E-state index in [1.165, 1.54) is 11.3 Å². The molecule has 2 heterocycles.